The number of rotatable bonds is 7. The highest BCUT2D eigenvalue weighted by atomic mass is 35.5. The average Bonchev–Trinajstić information content (AvgIpc) is 2.89. The number of fused-ring (bicyclic) bond motifs is 1. The summed E-state index contributed by atoms with van der Waals surface area (Å²) in [4.78, 5) is 49.0. The number of halogens is 2. The number of Topliss-reactive ketones (excluding diaryl/α,β-unsaturated/α-hetero) is 1. The zero-order valence-electron chi connectivity index (χ0n) is 20.5. The maximum atomic E-state index is 13.4. The van der Waals surface area contributed by atoms with E-state index in [9.17, 15) is 14.4 Å². The molecule has 11 nitrogen and oxygen atoms in total. The van der Waals surface area contributed by atoms with Crippen LogP contribution in [-0.4, -0.2) is 61.0 Å². The van der Waals surface area contributed by atoms with Gasteiger partial charge in [-0.3, -0.25) is 19.4 Å². The SMILES string of the molecule is C.C=CC(=O)NC1CC(=O)CCC1Nc1ncc2c(n1)N(C)C(=O)N(c1c(Cl)c(OC)cc(OC)c1Cl)C2. The number of carbonyl (C=O) groups is 3. The average molecular weight is 565 g/mol. The molecule has 38 heavy (non-hydrogen) atoms. The fraction of sp³-hybridized carbons (Fsp3) is 0.400. The van der Waals surface area contributed by atoms with Gasteiger partial charge in [0.05, 0.1) is 38.5 Å². The van der Waals surface area contributed by atoms with Crippen LogP contribution in [0, 0.1) is 0 Å². The molecule has 2 unspecified atom stereocenters. The van der Waals surface area contributed by atoms with E-state index in [1.165, 1.54) is 24.0 Å². The van der Waals surface area contributed by atoms with E-state index in [-0.39, 0.29) is 59.8 Å². The number of nitrogens with zero attached hydrogens (tertiary/aromatic N) is 4. The highest BCUT2D eigenvalue weighted by Crippen LogP contribution is 2.47. The Balaban J connectivity index is 0.00000400. The van der Waals surface area contributed by atoms with Crippen molar-refractivity contribution < 1.29 is 23.9 Å². The molecule has 2 aliphatic rings. The van der Waals surface area contributed by atoms with Gasteiger partial charge in [-0.2, -0.15) is 4.98 Å². The number of aromatic nitrogens is 2. The number of urea groups is 1. The molecule has 4 rings (SSSR count). The third kappa shape index (κ3) is 5.48. The van der Waals surface area contributed by atoms with Crippen LogP contribution in [-0.2, 0) is 16.1 Å². The van der Waals surface area contributed by atoms with Gasteiger partial charge in [0.2, 0.25) is 11.9 Å². The standard InChI is InChI=1S/C24H26Cl2N6O5.CH4/c1-5-18(34)28-15-8-13(33)6-7-14(15)29-23-27-10-12-11-32(24(35)31(2)22(12)30-23)21-19(25)16(36-3)9-17(37-4)20(21)26;/h5,9-10,14-15H,1,6-8,11H2,2-4H3,(H,28,34)(H,27,29,30);1H4. The van der Waals surface area contributed by atoms with Gasteiger partial charge in [-0.05, 0) is 12.5 Å². The van der Waals surface area contributed by atoms with E-state index in [0.717, 1.165) is 6.08 Å². The van der Waals surface area contributed by atoms with Crippen LogP contribution in [0.3, 0.4) is 0 Å². The Morgan fingerprint density at radius 2 is 1.84 bits per heavy atom. The lowest BCUT2D eigenvalue weighted by Gasteiger charge is -2.36. The van der Waals surface area contributed by atoms with E-state index in [4.69, 9.17) is 32.7 Å². The highest BCUT2D eigenvalue weighted by molar-refractivity contribution is 6.42. The zero-order valence-corrected chi connectivity index (χ0v) is 22.0. The molecule has 2 heterocycles. The first kappa shape index (κ1) is 29.0. The van der Waals surface area contributed by atoms with E-state index in [2.05, 4.69) is 27.2 Å². The van der Waals surface area contributed by atoms with Gasteiger partial charge in [0.25, 0.3) is 0 Å². The second-order valence-corrected chi connectivity index (χ2v) is 9.34. The van der Waals surface area contributed by atoms with Gasteiger partial charge in [-0.1, -0.05) is 37.2 Å². The smallest absolute Gasteiger partial charge is 0.330 e. The van der Waals surface area contributed by atoms with Crippen molar-refractivity contribution in [2.24, 2.45) is 0 Å². The van der Waals surface area contributed by atoms with Crippen molar-refractivity contribution in [1.82, 2.24) is 15.3 Å². The zero-order chi connectivity index (χ0) is 26.9. The first-order valence-electron chi connectivity index (χ1n) is 11.4. The first-order chi connectivity index (χ1) is 17.7. The van der Waals surface area contributed by atoms with Crippen molar-refractivity contribution in [2.75, 3.05) is 36.4 Å². The van der Waals surface area contributed by atoms with Gasteiger partial charge in [-0.25, -0.2) is 9.78 Å². The molecule has 0 radical (unpaired) electrons. The molecule has 13 heteroatoms. The number of carbonyl (C=O) groups excluding carboxylic acids is 3. The fourth-order valence-electron chi connectivity index (χ4n) is 4.40. The van der Waals surface area contributed by atoms with Crippen molar-refractivity contribution in [2.45, 2.75) is 45.3 Å². The molecule has 2 aromatic rings. The topological polar surface area (TPSA) is 126 Å². The van der Waals surface area contributed by atoms with Crippen molar-refractivity contribution in [1.29, 1.82) is 0 Å². The van der Waals surface area contributed by atoms with Crippen molar-refractivity contribution in [3.8, 4) is 11.5 Å². The molecule has 0 spiro atoms. The Labute approximate surface area is 231 Å². The Kier molecular flexibility index (Phi) is 9.05. The summed E-state index contributed by atoms with van der Waals surface area (Å²) in [7, 11) is 4.49. The van der Waals surface area contributed by atoms with Crippen LogP contribution in [0.1, 0.15) is 32.3 Å². The van der Waals surface area contributed by atoms with E-state index in [1.807, 2.05) is 0 Å². The van der Waals surface area contributed by atoms with Crippen LogP contribution >= 0.6 is 23.2 Å². The number of nitrogens with one attached hydrogen (secondary N) is 2. The molecule has 1 aliphatic carbocycles. The molecule has 3 amide bonds. The van der Waals surface area contributed by atoms with E-state index >= 15 is 0 Å². The predicted molar refractivity (Wildman–Crippen MR) is 147 cm³/mol. The van der Waals surface area contributed by atoms with E-state index < -0.39 is 12.1 Å². The summed E-state index contributed by atoms with van der Waals surface area (Å²) in [5, 5.41) is 6.32. The molecule has 1 aromatic heterocycles. The molecular weight excluding hydrogens is 535 g/mol. The molecular formula is C25H30Cl2N6O5. The van der Waals surface area contributed by atoms with E-state index in [1.54, 1.807) is 19.3 Å². The molecule has 1 fully saturated rings. The molecule has 1 aromatic carbocycles. The minimum atomic E-state index is -0.437. The highest BCUT2D eigenvalue weighted by Gasteiger charge is 2.36. The summed E-state index contributed by atoms with van der Waals surface area (Å²) < 4.78 is 10.7. The summed E-state index contributed by atoms with van der Waals surface area (Å²) in [6.45, 7) is 3.56. The van der Waals surface area contributed by atoms with Gasteiger partial charge in [-0.15, -0.1) is 0 Å². The molecule has 204 valence electrons. The molecule has 1 aliphatic heterocycles. The molecule has 0 bridgehead atoms. The Hall–Kier alpha value is -3.57. The normalized spacial score (nSPS) is 18.8. The van der Waals surface area contributed by atoms with Gasteiger partial charge in [0.1, 0.15) is 33.1 Å². The van der Waals surface area contributed by atoms with Crippen LogP contribution in [0.25, 0.3) is 0 Å². The Morgan fingerprint density at radius 1 is 1.18 bits per heavy atom. The van der Waals surface area contributed by atoms with Crippen LogP contribution < -0.4 is 29.9 Å². The predicted octanol–water partition coefficient (Wildman–Crippen LogP) is 4.22. The maximum absolute atomic E-state index is 13.4. The van der Waals surface area contributed by atoms with Gasteiger partial charge >= 0.3 is 6.03 Å². The third-order valence-corrected chi connectivity index (χ3v) is 7.05. The van der Waals surface area contributed by atoms with Crippen molar-refractivity contribution in [3.05, 3.63) is 40.5 Å². The van der Waals surface area contributed by atoms with Gasteiger partial charge in [0.15, 0.2) is 0 Å². The minimum absolute atomic E-state index is 0. The molecule has 1 saturated carbocycles. The van der Waals surface area contributed by atoms with Crippen LogP contribution in [0.2, 0.25) is 10.0 Å². The quantitative estimate of drug-likeness (QED) is 0.478. The number of ether oxygens (including phenoxy) is 2. The second kappa shape index (κ2) is 11.9. The number of benzene rings is 1. The number of hydrogen-bond donors (Lipinski definition) is 2. The van der Waals surface area contributed by atoms with Gasteiger partial charge < -0.3 is 20.1 Å². The number of anilines is 3. The first-order valence-corrected chi connectivity index (χ1v) is 12.2. The number of ketones is 1. The number of amides is 3. The van der Waals surface area contributed by atoms with Gasteiger partial charge in [0, 0.05) is 37.7 Å². The molecule has 0 saturated heterocycles. The summed E-state index contributed by atoms with van der Waals surface area (Å²) >= 11 is 13.1. The van der Waals surface area contributed by atoms with Crippen LogP contribution in [0.4, 0.5) is 22.2 Å². The maximum Gasteiger partial charge on any atom is 0.330 e. The van der Waals surface area contributed by atoms with Crippen molar-refractivity contribution in [3.63, 3.8) is 0 Å². The van der Waals surface area contributed by atoms with Crippen LogP contribution in [0.15, 0.2) is 24.9 Å². The van der Waals surface area contributed by atoms with E-state index in [0.29, 0.717) is 35.7 Å². The third-order valence-electron chi connectivity index (χ3n) is 6.32. The lowest BCUT2D eigenvalue weighted by Crippen LogP contribution is -2.50. The lowest BCUT2D eigenvalue weighted by molar-refractivity contribution is -0.122. The van der Waals surface area contributed by atoms with Crippen LogP contribution in [0.5, 0.6) is 11.5 Å². The number of hydrogen-bond acceptors (Lipinski definition) is 8. The molecule has 2 atom stereocenters. The summed E-state index contributed by atoms with van der Waals surface area (Å²) in [5.41, 5.74) is 0.897. The Morgan fingerprint density at radius 3 is 2.45 bits per heavy atom. The lowest BCUT2D eigenvalue weighted by atomic mass is 9.89. The number of methoxy groups -OCH3 is 2. The Bertz CT molecular complexity index is 1250. The van der Waals surface area contributed by atoms with Crippen molar-refractivity contribution >= 4 is 58.4 Å². The fourth-order valence-corrected chi connectivity index (χ4v) is 5.11. The molecule has 2 N–H and O–H groups in total. The second-order valence-electron chi connectivity index (χ2n) is 8.58. The summed E-state index contributed by atoms with van der Waals surface area (Å²) in [6, 6.07) is 0.414. The summed E-state index contributed by atoms with van der Waals surface area (Å²) in [5.74, 6) is 0.978. The summed E-state index contributed by atoms with van der Waals surface area (Å²) in [6.07, 6.45) is 3.83. The largest absolute Gasteiger partial charge is 0.495 e. The monoisotopic (exact) mass is 564 g/mol. The minimum Gasteiger partial charge on any atom is -0.495 e.